The minimum atomic E-state index is -2.85. The van der Waals surface area contributed by atoms with Crippen LogP contribution in [0.25, 0.3) is 0 Å². The SMILES string of the molecule is Nc1cc(C(F)F)cc(F)c1F. The highest BCUT2D eigenvalue weighted by molar-refractivity contribution is 5.43. The van der Waals surface area contributed by atoms with Crippen LogP contribution < -0.4 is 5.73 Å². The van der Waals surface area contributed by atoms with Crippen molar-refractivity contribution in [1.82, 2.24) is 0 Å². The Bertz CT molecular complexity index is 274. The predicted molar refractivity (Wildman–Crippen MR) is 35.7 cm³/mol. The van der Waals surface area contributed by atoms with Gasteiger partial charge in [0.05, 0.1) is 5.69 Å². The van der Waals surface area contributed by atoms with Crippen LogP contribution >= 0.6 is 0 Å². The molecular weight excluding hydrogens is 174 g/mol. The molecule has 5 heteroatoms. The number of hydrogen-bond donors (Lipinski definition) is 1. The maximum absolute atomic E-state index is 12.4. The van der Waals surface area contributed by atoms with Gasteiger partial charge in [-0.2, -0.15) is 0 Å². The van der Waals surface area contributed by atoms with Gasteiger partial charge in [-0.3, -0.25) is 0 Å². The maximum Gasteiger partial charge on any atom is 0.264 e. The minimum absolute atomic E-state index is 0.427. The molecule has 66 valence electrons. The number of halogens is 4. The Morgan fingerprint density at radius 2 is 1.75 bits per heavy atom. The van der Waals surface area contributed by atoms with Crippen LogP contribution in [0.3, 0.4) is 0 Å². The summed E-state index contributed by atoms with van der Waals surface area (Å²) >= 11 is 0. The molecule has 0 atom stereocenters. The molecule has 0 aliphatic carbocycles. The van der Waals surface area contributed by atoms with Crippen molar-refractivity contribution >= 4 is 5.69 Å². The molecule has 0 aliphatic heterocycles. The van der Waals surface area contributed by atoms with Crippen molar-refractivity contribution in [1.29, 1.82) is 0 Å². The van der Waals surface area contributed by atoms with Gasteiger partial charge in [0.1, 0.15) is 0 Å². The van der Waals surface area contributed by atoms with Gasteiger partial charge in [0, 0.05) is 5.56 Å². The first-order chi connectivity index (χ1) is 5.52. The van der Waals surface area contributed by atoms with E-state index >= 15 is 0 Å². The number of rotatable bonds is 1. The van der Waals surface area contributed by atoms with Crippen molar-refractivity contribution in [3.05, 3.63) is 29.3 Å². The Kier molecular flexibility index (Phi) is 2.21. The molecule has 0 aromatic heterocycles. The minimum Gasteiger partial charge on any atom is -0.396 e. The lowest BCUT2D eigenvalue weighted by Gasteiger charge is -2.02. The standard InChI is InChI=1S/C7H5F4N/c8-4-1-3(7(10)11)2-5(12)6(4)9/h1-2,7H,12H2. The molecule has 0 amide bonds. The van der Waals surface area contributed by atoms with Gasteiger partial charge in [0.2, 0.25) is 0 Å². The second-order valence-electron chi connectivity index (χ2n) is 2.21. The second-order valence-corrected chi connectivity index (χ2v) is 2.21. The average molecular weight is 179 g/mol. The molecule has 0 fully saturated rings. The van der Waals surface area contributed by atoms with Gasteiger partial charge >= 0.3 is 0 Å². The zero-order valence-corrected chi connectivity index (χ0v) is 5.82. The van der Waals surface area contributed by atoms with Gasteiger partial charge in [-0.05, 0) is 12.1 Å². The quantitative estimate of drug-likeness (QED) is 0.520. The van der Waals surface area contributed by atoms with Crippen molar-refractivity contribution in [2.45, 2.75) is 6.43 Å². The van der Waals surface area contributed by atoms with E-state index in [1.165, 1.54) is 0 Å². The Morgan fingerprint density at radius 3 is 2.17 bits per heavy atom. The summed E-state index contributed by atoms with van der Waals surface area (Å²) in [7, 11) is 0. The third-order valence-electron chi connectivity index (χ3n) is 1.33. The third kappa shape index (κ3) is 1.49. The predicted octanol–water partition coefficient (Wildman–Crippen LogP) is 2.48. The molecular formula is C7H5F4N. The highest BCUT2D eigenvalue weighted by Gasteiger charge is 2.13. The van der Waals surface area contributed by atoms with Crippen LogP contribution in [-0.2, 0) is 0 Å². The smallest absolute Gasteiger partial charge is 0.264 e. The molecule has 0 aliphatic rings. The first-order valence-electron chi connectivity index (χ1n) is 3.05. The highest BCUT2D eigenvalue weighted by atomic mass is 19.3. The fourth-order valence-corrected chi connectivity index (χ4v) is 0.758. The molecule has 0 spiro atoms. The van der Waals surface area contributed by atoms with Crippen LogP contribution in [0.2, 0.25) is 0 Å². The molecule has 0 unspecified atom stereocenters. The lowest BCUT2D eigenvalue weighted by molar-refractivity contribution is 0.151. The summed E-state index contributed by atoms with van der Waals surface area (Å²) in [6.45, 7) is 0. The number of benzene rings is 1. The lowest BCUT2D eigenvalue weighted by atomic mass is 10.2. The summed E-state index contributed by atoms with van der Waals surface area (Å²) in [6, 6.07) is 1.14. The van der Waals surface area contributed by atoms with Crippen LogP contribution in [0.15, 0.2) is 12.1 Å². The van der Waals surface area contributed by atoms with Crippen LogP contribution in [0, 0.1) is 11.6 Å². The van der Waals surface area contributed by atoms with E-state index in [9.17, 15) is 17.6 Å². The normalized spacial score (nSPS) is 10.8. The van der Waals surface area contributed by atoms with Crippen LogP contribution in [-0.4, -0.2) is 0 Å². The summed E-state index contributed by atoms with van der Waals surface area (Å²) in [4.78, 5) is 0. The molecule has 0 bridgehead atoms. The van der Waals surface area contributed by atoms with Gasteiger partial charge < -0.3 is 5.73 Å². The topological polar surface area (TPSA) is 26.0 Å². The summed E-state index contributed by atoms with van der Waals surface area (Å²) in [5.41, 5.74) is 3.69. The first kappa shape index (κ1) is 8.83. The van der Waals surface area contributed by atoms with Crippen LogP contribution in [0.1, 0.15) is 12.0 Å². The lowest BCUT2D eigenvalue weighted by Crippen LogP contribution is -1.97. The van der Waals surface area contributed by atoms with Crippen molar-refractivity contribution in [3.8, 4) is 0 Å². The van der Waals surface area contributed by atoms with Crippen molar-refractivity contribution in [2.75, 3.05) is 5.73 Å². The molecule has 1 aromatic rings. The number of nitrogen functional groups attached to an aromatic ring is 1. The summed E-state index contributed by atoms with van der Waals surface area (Å²) in [5, 5.41) is 0. The zero-order valence-electron chi connectivity index (χ0n) is 5.82. The fourth-order valence-electron chi connectivity index (χ4n) is 0.758. The van der Waals surface area contributed by atoms with E-state index in [0.29, 0.717) is 12.1 Å². The van der Waals surface area contributed by atoms with Gasteiger partial charge in [0.15, 0.2) is 11.6 Å². The maximum atomic E-state index is 12.4. The molecule has 0 saturated carbocycles. The molecule has 2 N–H and O–H groups in total. The number of alkyl halides is 2. The van der Waals surface area contributed by atoms with Gasteiger partial charge in [-0.1, -0.05) is 0 Å². The van der Waals surface area contributed by atoms with E-state index in [1.807, 2.05) is 0 Å². The third-order valence-corrected chi connectivity index (χ3v) is 1.33. The zero-order chi connectivity index (χ0) is 9.30. The highest BCUT2D eigenvalue weighted by Crippen LogP contribution is 2.24. The van der Waals surface area contributed by atoms with E-state index in [1.54, 1.807) is 0 Å². The van der Waals surface area contributed by atoms with Gasteiger partial charge in [0.25, 0.3) is 6.43 Å². The number of anilines is 1. The Hall–Kier alpha value is -1.26. The first-order valence-corrected chi connectivity index (χ1v) is 3.05. The van der Waals surface area contributed by atoms with E-state index in [0.717, 1.165) is 0 Å². The van der Waals surface area contributed by atoms with Gasteiger partial charge in [-0.25, -0.2) is 17.6 Å². The monoisotopic (exact) mass is 179 g/mol. The molecule has 1 rings (SSSR count). The second kappa shape index (κ2) is 3.00. The Balaban J connectivity index is 3.21. The number of hydrogen-bond acceptors (Lipinski definition) is 1. The van der Waals surface area contributed by atoms with Gasteiger partial charge in [-0.15, -0.1) is 0 Å². The van der Waals surface area contributed by atoms with Crippen molar-refractivity contribution in [3.63, 3.8) is 0 Å². The Labute approximate surface area is 65.8 Å². The Morgan fingerprint density at radius 1 is 1.17 bits per heavy atom. The molecule has 0 saturated heterocycles. The van der Waals surface area contributed by atoms with Crippen molar-refractivity contribution in [2.24, 2.45) is 0 Å². The number of nitrogens with two attached hydrogens (primary N) is 1. The molecule has 1 aromatic carbocycles. The van der Waals surface area contributed by atoms with E-state index < -0.39 is 29.3 Å². The summed E-state index contributed by atoms with van der Waals surface area (Å²) in [5.74, 6) is -2.65. The average Bonchev–Trinajstić information content (AvgIpc) is 1.99. The van der Waals surface area contributed by atoms with Crippen molar-refractivity contribution < 1.29 is 17.6 Å². The molecule has 12 heavy (non-hydrogen) atoms. The van der Waals surface area contributed by atoms with E-state index in [4.69, 9.17) is 5.73 Å². The molecule has 0 heterocycles. The molecule has 0 radical (unpaired) electrons. The largest absolute Gasteiger partial charge is 0.396 e. The summed E-state index contributed by atoms with van der Waals surface area (Å²) in [6.07, 6.45) is -2.85. The van der Waals surface area contributed by atoms with E-state index in [-0.39, 0.29) is 0 Å². The molecule has 1 nitrogen and oxygen atoms in total. The van der Waals surface area contributed by atoms with Crippen LogP contribution in [0.4, 0.5) is 23.2 Å². The van der Waals surface area contributed by atoms with E-state index in [2.05, 4.69) is 0 Å². The van der Waals surface area contributed by atoms with Crippen LogP contribution in [0.5, 0.6) is 0 Å². The fraction of sp³-hybridized carbons (Fsp3) is 0.143. The summed E-state index contributed by atoms with van der Waals surface area (Å²) < 4.78 is 48.7.